The fourth-order valence-corrected chi connectivity index (χ4v) is 5.78. The van der Waals surface area contributed by atoms with Gasteiger partial charge in [0.15, 0.2) is 5.65 Å². The summed E-state index contributed by atoms with van der Waals surface area (Å²) in [4.78, 5) is 4.21. The Balaban J connectivity index is 1.94. The van der Waals surface area contributed by atoms with E-state index in [4.69, 9.17) is 11.6 Å². The predicted octanol–water partition coefficient (Wildman–Crippen LogP) is 3.05. The molecule has 1 aliphatic rings. The van der Waals surface area contributed by atoms with Crippen LogP contribution in [0, 0.1) is 11.3 Å². The zero-order valence-corrected chi connectivity index (χ0v) is 16.7. The van der Waals surface area contributed by atoms with Crippen LogP contribution in [0.2, 0.25) is 0 Å². The molecule has 0 aliphatic heterocycles. The number of allylic oxidation sites excluding steroid dienone is 3. The molecule has 1 aliphatic carbocycles. The lowest BCUT2D eigenvalue weighted by atomic mass is 9.85. The summed E-state index contributed by atoms with van der Waals surface area (Å²) in [6, 6.07) is 5.21. The first-order chi connectivity index (χ1) is 13.3. The molecule has 4 rings (SSSR count). The van der Waals surface area contributed by atoms with E-state index in [-0.39, 0.29) is 5.65 Å². The molecule has 142 valence electrons. The van der Waals surface area contributed by atoms with E-state index in [1.807, 2.05) is 0 Å². The average Bonchev–Trinajstić information content (AvgIpc) is 3.27. The van der Waals surface area contributed by atoms with Crippen molar-refractivity contribution in [3.8, 4) is 6.07 Å². The summed E-state index contributed by atoms with van der Waals surface area (Å²) in [5.41, 5.74) is 1.33. The van der Waals surface area contributed by atoms with Crippen LogP contribution in [-0.2, 0) is 17.1 Å². The third kappa shape index (κ3) is 2.58. The Kier molecular flexibility index (Phi) is 4.17. The largest absolute Gasteiger partial charge is 0.276 e. The fraction of sp³-hybridized carbons (Fsp3) is 0.211. The Hall–Kier alpha value is -2.89. The second kappa shape index (κ2) is 6.33. The molecule has 0 saturated heterocycles. The fourth-order valence-electron chi connectivity index (χ4n) is 3.59. The van der Waals surface area contributed by atoms with Crippen molar-refractivity contribution in [2.24, 2.45) is 7.05 Å². The summed E-state index contributed by atoms with van der Waals surface area (Å²) in [5, 5.41) is 14.3. The van der Waals surface area contributed by atoms with Gasteiger partial charge < -0.3 is 0 Å². The first kappa shape index (κ1) is 18.5. The summed E-state index contributed by atoms with van der Waals surface area (Å²) in [6.07, 6.45) is 11.3. The van der Waals surface area contributed by atoms with Crippen LogP contribution in [0.1, 0.15) is 24.0 Å². The summed E-state index contributed by atoms with van der Waals surface area (Å²) >= 11 is 6.21. The van der Waals surface area contributed by atoms with Crippen molar-refractivity contribution in [1.82, 2.24) is 18.7 Å². The van der Waals surface area contributed by atoms with Gasteiger partial charge >= 0.3 is 0 Å². The Labute approximate surface area is 167 Å². The van der Waals surface area contributed by atoms with E-state index in [0.717, 1.165) is 9.54 Å². The average molecular weight is 414 g/mol. The monoisotopic (exact) mass is 413 g/mol. The maximum Gasteiger partial charge on any atom is 0.250 e. The second-order valence-electron chi connectivity index (χ2n) is 6.82. The van der Waals surface area contributed by atoms with E-state index in [1.54, 1.807) is 61.4 Å². The molecular weight excluding hydrogens is 398 g/mol. The standard InChI is InChI=1S/C19H16ClN5O2S/c1-19(9-15(20)3-4-17(19)14-11-23-24(2)12-14)28(26,27)25-8-6-16-13(10-21)5-7-22-18(16)25/h3-9,11-12,17H,1-2H3. The van der Waals surface area contributed by atoms with Crippen LogP contribution in [0.15, 0.2) is 60.2 Å². The lowest BCUT2D eigenvalue weighted by Crippen LogP contribution is -2.43. The highest BCUT2D eigenvalue weighted by Gasteiger charge is 2.47. The number of hydrogen-bond donors (Lipinski definition) is 0. The van der Waals surface area contributed by atoms with Crippen molar-refractivity contribution in [3.63, 3.8) is 0 Å². The molecule has 0 aromatic carbocycles. The highest BCUT2D eigenvalue weighted by atomic mass is 35.5. The van der Waals surface area contributed by atoms with Crippen molar-refractivity contribution in [3.05, 3.63) is 71.3 Å². The maximum absolute atomic E-state index is 13.8. The lowest BCUT2D eigenvalue weighted by molar-refractivity contribution is 0.536. The number of halogens is 1. The molecule has 3 aromatic heterocycles. The first-order valence-electron chi connectivity index (χ1n) is 8.44. The number of nitriles is 1. The number of rotatable bonds is 3. The number of aromatic nitrogens is 4. The molecule has 2 unspecified atom stereocenters. The van der Waals surface area contributed by atoms with Crippen LogP contribution >= 0.6 is 11.6 Å². The molecule has 0 bridgehead atoms. The third-order valence-electron chi connectivity index (χ3n) is 5.06. The lowest BCUT2D eigenvalue weighted by Gasteiger charge is -2.35. The van der Waals surface area contributed by atoms with Gasteiger partial charge in [-0.2, -0.15) is 10.4 Å². The van der Waals surface area contributed by atoms with Crippen LogP contribution in [0.5, 0.6) is 0 Å². The Morgan fingerprint density at radius 2 is 2.14 bits per heavy atom. The van der Waals surface area contributed by atoms with E-state index in [2.05, 4.69) is 16.2 Å². The minimum absolute atomic E-state index is 0.212. The number of hydrogen-bond acceptors (Lipinski definition) is 5. The SMILES string of the molecule is Cn1cc(C2C=CC(Cl)=CC2(C)S(=O)(=O)n2ccc3c(C#N)ccnc32)cn1. The predicted molar refractivity (Wildman–Crippen MR) is 106 cm³/mol. The zero-order chi connectivity index (χ0) is 20.1. The van der Waals surface area contributed by atoms with Gasteiger partial charge in [-0.25, -0.2) is 17.4 Å². The van der Waals surface area contributed by atoms with Crippen LogP contribution in [0.25, 0.3) is 11.0 Å². The maximum atomic E-state index is 13.8. The van der Waals surface area contributed by atoms with Gasteiger partial charge in [-0.05, 0) is 36.8 Å². The molecule has 28 heavy (non-hydrogen) atoms. The van der Waals surface area contributed by atoms with Gasteiger partial charge in [0.1, 0.15) is 4.75 Å². The van der Waals surface area contributed by atoms with E-state index in [9.17, 15) is 13.7 Å². The zero-order valence-electron chi connectivity index (χ0n) is 15.1. The van der Waals surface area contributed by atoms with Gasteiger partial charge in [0.25, 0.3) is 0 Å². The Morgan fingerprint density at radius 1 is 1.36 bits per heavy atom. The van der Waals surface area contributed by atoms with Gasteiger partial charge in [0, 0.05) is 42.0 Å². The smallest absolute Gasteiger partial charge is 0.250 e. The third-order valence-corrected chi connectivity index (χ3v) is 7.59. The molecule has 7 nitrogen and oxygen atoms in total. The quantitative estimate of drug-likeness (QED) is 0.657. The molecule has 0 fully saturated rings. The van der Waals surface area contributed by atoms with E-state index >= 15 is 0 Å². The summed E-state index contributed by atoms with van der Waals surface area (Å²) in [7, 11) is -2.22. The molecular formula is C19H16ClN5O2S. The van der Waals surface area contributed by atoms with Crippen molar-refractivity contribution >= 4 is 32.7 Å². The molecule has 3 aromatic rings. The topological polar surface area (TPSA) is 93.6 Å². The van der Waals surface area contributed by atoms with E-state index < -0.39 is 20.7 Å². The van der Waals surface area contributed by atoms with Gasteiger partial charge in [-0.1, -0.05) is 17.7 Å². The van der Waals surface area contributed by atoms with Crippen molar-refractivity contribution < 1.29 is 8.42 Å². The second-order valence-corrected chi connectivity index (χ2v) is 9.48. The number of nitrogens with zero attached hydrogens (tertiary/aromatic N) is 5. The molecule has 2 atom stereocenters. The van der Waals surface area contributed by atoms with Crippen LogP contribution in [0.4, 0.5) is 0 Å². The van der Waals surface area contributed by atoms with Crippen LogP contribution < -0.4 is 0 Å². The minimum Gasteiger partial charge on any atom is -0.276 e. The van der Waals surface area contributed by atoms with Gasteiger partial charge in [0.05, 0.1) is 17.8 Å². The number of aryl methyl sites for hydroxylation is 1. The highest BCUT2D eigenvalue weighted by molar-refractivity contribution is 7.91. The summed E-state index contributed by atoms with van der Waals surface area (Å²) in [6.45, 7) is 1.63. The van der Waals surface area contributed by atoms with Gasteiger partial charge in [-0.15, -0.1) is 0 Å². The highest BCUT2D eigenvalue weighted by Crippen LogP contribution is 2.43. The molecule has 0 spiro atoms. The molecule has 0 saturated carbocycles. The number of pyridine rings is 1. The van der Waals surface area contributed by atoms with Crippen molar-refractivity contribution in [2.75, 3.05) is 0 Å². The molecule has 0 N–H and O–H groups in total. The van der Waals surface area contributed by atoms with Crippen LogP contribution in [-0.4, -0.2) is 31.9 Å². The van der Waals surface area contributed by atoms with E-state index in [1.165, 1.54) is 12.4 Å². The molecule has 0 amide bonds. The summed E-state index contributed by atoms with van der Waals surface area (Å²) in [5.74, 6) is -0.495. The normalized spacial score (nSPS) is 22.2. The van der Waals surface area contributed by atoms with Gasteiger partial charge in [0.2, 0.25) is 10.0 Å². The Bertz CT molecular complexity index is 1300. The van der Waals surface area contributed by atoms with Crippen molar-refractivity contribution in [2.45, 2.75) is 17.6 Å². The minimum atomic E-state index is -4.00. The van der Waals surface area contributed by atoms with Crippen molar-refractivity contribution in [1.29, 1.82) is 5.26 Å². The number of fused-ring (bicyclic) bond motifs is 1. The first-order valence-corrected chi connectivity index (χ1v) is 10.3. The van der Waals surface area contributed by atoms with Crippen LogP contribution in [0.3, 0.4) is 0 Å². The van der Waals surface area contributed by atoms with Gasteiger partial charge in [-0.3, -0.25) is 4.68 Å². The molecule has 9 heteroatoms. The Morgan fingerprint density at radius 3 is 2.82 bits per heavy atom. The summed E-state index contributed by atoms with van der Waals surface area (Å²) < 4.78 is 29.0. The molecule has 0 radical (unpaired) electrons. The van der Waals surface area contributed by atoms with E-state index in [0.29, 0.717) is 16.0 Å². The molecule has 3 heterocycles.